The lowest BCUT2D eigenvalue weighted by molar-refractivity contribution is -0.141. The van der Waals surface area contributed by atoms with Gasteiger partial charge in [-0.2, -0.15) is 23.5 Å². The summed E-state index contributed by atoms with van der Waals surface area (Å²) in [6.07, 6.45) is -1.55. The number of hydrogen-bond donors (Lipinski definition) is 0. The Kier molecular flexibility index (Phi) is 4.41. The van der Waals surface area contributed by atoms with Crippen LogP contribution in [0.25, 0.3) is 0 Å². The van der Waals surface area contributed by atoms with E-state index < -0.39 is 11.9 Å². The van der Waals surface area contributed by atoms with E-state index in [1.807, 2.05) is 4.90 Å². The SMILES string of the molecule is N#Cc1ccc(Cl)cc1N1CCCC(n2ccc(C(F)(F)F)n2)C1. The first-order valence-electron chi connectivity index (χ1n) is 7.45. The zero-order chi connectivity index (χ0) is 17.3. The molecule has 0 aliphatic carbocycles. The first-order valence-corrected chi connectivity index (χ1v) is 7.83. The summed E-state index contributed by atoms with van der Waals surface area (Å²) in [4.78, 5) is 1.98. The fourth-order valence-electron chi connectivity index (χ4n) is 2.94. The summed E-state index contributed by atoms with van der Waals surface area (Å²) in [6.45, 7) is 1.20. The maximum atomic E-state index is 12.7. The maximum absolute atomic E-state index is 12.7. The van der Waals surface area contributed by atoms with Gasteiger partial charge in [-0.15, -0.1) is 0 Å². The number of alkyl halides is 3. The zero-order valence-corrected chi connectivity index (χ0v) is 13.3. The topological polar surface area (TPSA) is 44.9 Å². The van der Waals surface area contributed by atoms with Gasteiger partial charge in [0.05, 0.1) is 17.3 Å². The Morgan fingerprint density at radius 3 is 2.75 bits per heavy atom. The lowest BCUT2D eigenvalue weighted by Crippen LogP contribution is -2.37. The van der Waals surface area contributed by atoms with Crippen molar-refractivity contribution in [3.8, 4) is 6.07 Å². The first-order chi connectivity index (χ1) is 11.4. The molecule has 2 aromatic rings. The molecule has 2 heterocycles. The molecule has 1 aliphatic rings. The molecule has 1 unspecified atom stereocenters. The van der Waals surface area contributed by atoms with Crippen LogP contribution >= 0.6 is 11.6 Å². The lowest BCUT2D eigenvalue weighted by Gasteiger charge is -2.35. The van der Waals surface area contributed by atoms with Gasteiger partial charge in [0, 0.05) is 24.3 Å². The summed E-state index contributed by atoms with van der Waals surface area (Å²) >= 11 is 6.02. The Balaban J connectivity index is 1.84. The molecule has 0 radical (unpaired) electrons. The smallest absolute Gasteiger partial charge is 0.368 e. The van der Waals surface area contributed by atoms with Crippen LogP contribution in [0.3, 0.4) is 0 Å². The van der Waals surface area contributed by atoms with Gasteiger partial charge >= 0.3 is 6.18 Å². The van der Waals surface area contributed by atoms with E-state index in [0.717, 1.165) is 25.5 Å². The average molecular weight is 355 g/mol. The van der Waals surface area contributed by atoms with Crippen molar-refractivity contribution in [2.75, 3.05) is 18.0 Å². The van der Waals surface area contributed by atoms with Gasteiger partial charge in [0.25, 0.3) is 0 Å². The molecule has 126 valence electrons. The number of halogens is 4. The maximum Gasteiger partial charge on any atom is 0.435 e. The number of hydrogen-bond acceptors (Lipinski definition) is 3. The van der Waals surface area contributed by atoms with Crippen LogP contribution in [0.15, 0.2) is 30.5 Å². The molecule has 1 saturated heterocycles. The van der Waals surface area contributed by atoms with Crippen molar-refractivity contribution in [1.29, 1.82) is 5.26 Å². The fraction of sp³-hybridized carbons (Fsp3) is 0.375. The van der Waals surface area contributed by atoms with Crippen molar-refractivity contribution in [2.24, 2.45) is 0 Å². The number of benzene rings is 1. The molecular weight excluding hydrogens is 341 g/mol. The normalized spacial score (nSPS) is 18.5. The highest BCUT2D eigenvalue weighted by Gasteiger charge is 2.34. The average Bonchev–Trinajstić information content (AvgIpc) is 3.05. The van der Waals surface area contributed by atoms with Crippen LogP contribution in [0.2, 0.25) is 5.02 Å². The third kappa shape index (κ3) is 3.34. The summed E-state index contributed by atoms with van der Waals surface area (Å²) in [5.74, 6) is 0. The molecule has 1 aromatic carbocycles. The molecule has 0 spiro atoms. The van der Waals surface area contributed by atoms with E-state index in [1.54, 1.807) is 18.2 Å². The van der Waals surface area contributed by atoms with Crippen molar-refractivity contribution in [2.45, 2.75) is 25.1 Å². The van der Waals surface area contributed by atoms with E-state index in [0.29, 0.717) is 22.8 Å². The zero-order valence-electron chi connectivity index (χ0n) is 12.6. The Morgan fingerprint density at radius 1 is 1.29 bits per heavy atom. The monoisotopic (exact) mass is 354 g/mol. The van der Waals surface area contributed by atoms with E-state index in [-0.39, 0.29) is 6.04 Å². The largest absolute Gasteiger partial charge is 0.435 e. The predicted octanol–water partition coefficient (Wildman–Crippen LogP) is 4.27. The fourth-order valence-corrected chi connectivity index (χ4v) is 3.11. The number of nitriles is 1. The second-order valence-electron chi connectivity index (χ2n) is 5.69. The minimum absolute atomic E-state index is 0.180. The summed E-state index contributed by atoms with van der Waals surface area (Å²) in [5, 5.41) is 13.4. The highest BCUT2D eigenvalue weighted by Crippen LogP contribution is 2.32. The number of rotatable bonds is 2. The molecule has 3 rings (SSSR count). The Labute approximate surface area is 142 Å². The molecule has 1 aliphatic heterocycles. The van der Waals surface area contributed by atoms with Crippen molar-refractivity contribution in [3.63, 3.8) is 0 Å². The minimum Gasteiger partial charge on any atom is -0.368 e. The van der Waals surface area contributed by atoms with Crippen LogP contribution in [0, 0.1) is 11.3 Å². The third-order valence-corrected chi connectivity index (χ3v) is 4.33. The third-order valence-electron chi connectivity index (χ3n) is 4.09. The van der Waals surface area contributed by atoms with Gasteiger partial charge in [0.15, 0.2) is 5.69 Å². The summed E-state index contributed by atoms with van der Waals surface area (Å²) in [7, 11) is 0. The molecule has 1 fully saturated rings. The molecule has 24 heavy (non-hydrogen) atoms. The van der Waals surface area contributed by atoms with Crippen molar-refractivity contribution in [3.05, 3.63) is 46.7 Å². The van der Waals surface area contributed by atoms with Gasteiger partial charge in [0.2, 0.25) is 0 Å². The van der Waals surface area contributed by atoms with Crippen LogP contribution < -0.4 is 4.90 Å². The minimum atomic E-state index is -4.44. The second kappa shape index (κ2) is 6.36. The molecule has 4 nitrogen and oxygen atoms in total. The molecule has 8 heteroatoms. The van der Waals surface area contributed by atoms with Crippen LogP contribution in [0.1, 0.15) is 30.1 Å². The number of nitrogens with zero attached hydrogens (tertiary/aromatic N) is 4. The summed E-state index contributed by atoms with van der Waals surface area (Å²) < 4.78 is 39.5. The van der Waals surface area contributed by atoms with Crippen LogP contribution in [-0.4, -0.2) is 22.9 Å². The first kappa shape index (κ1) is 16.7. The Morgan fingerprint density at radius 2 is 2.08 bits per heavy atom. The molecule has 0 N–H and O–H groups in total. The standard InChI is InChI=1S/C16H14ClF3N4/c17-12-4-3-11(9-21)14(8-12)23-6-1-2-13(10-23)24-7-5-15(22-24)16(18,19)20/h3-5,7-8,13H,1-2,6,10H2. The van der Waals surface area contributed by atoms with Crippen LogP contribution in [0.4, 0.5) is 18.9 Å². The van der Waals surface area contributed by atoms with Crippen molar-refractivity contribution < 1.29 is 13.2 Å². The van der Waals surface area contributed by atoms with Crippen LogP contribution in [0.5, 0.6) is 0 Å². The summed E-state index contributed by atoms with van der Waals surface area (Å²) in [6, 6.07) is 7.94. The quantitative estimate of drug-likeness (QED) is 0.809. The van der Waals surface area contributed by atoms with Crippen molar-refractivity contribution >= 4 is 17.3 Å². The highest BCUT2D eigenvalue weighted by molar-refractivity contribution is 6.30. The Hall–Kier alpha value is -2.20. The number of aromatic nitrogens is 2. The van der Waals surface area contributed by atoms with E-state index in [1.165, 1.54) is 10.9 Å². The van der Waals surface area contributed by atoms with E-state index >= 15 is 0 Å². The van der Waals surface area contributed by atoms with Gasteiger partial charge in [-0.3, -0.25) is 4.68 Å². The Bertz CT molecular complexity index is 778. The predicted molar refractivity (Wildman–Crippen MR) is 83.9 cm³/mol. The molecule has 0 amide bonds. The van der Waals surface area contributed by atoms with E-state index in [4.69, 9.17) is 11.6 Å². The highest BCUT2D eigenvalue weighted by atomic mass is 35.5. The van der Waals surface area contributed by atoms with Gasteiger partial charge < -0.3 is 4.90 Å². The number of piperidine rings is 1. The van der Waals surface area contributed by atoms with Crippen molar-refractivity contribution in [1.82, 2.24) is 9.78 Å². The van der Waals surface area contributed by atoms with Gasteiger partial charge in [-0.25, -0.2) is 0 Å². The number of anilines is 1. The lowest BCUT2D eigenvalue weighted by atomic mass is 10.0. The molecule has 1 aromatic heterocycles. The molecule has 0 bridgehead atoms. The van der Waals surface area contributed by atoms with Crippen LogP contribution in [-0.2, 0) is 6.18 Å². The molecule has 0 saturated carbocycles. The van der Waals surface area contributed by atoms with Gasteiger partial charge in [-0.1, -0.05) is 11.6 Å². The summed E-state index contributed by atoms with van der Waals surface area (Å²) in [5.41, 5.74) is 0.314. The van der Waals surface area contributed by atoms with E-state index in [9.17, 15) is 18.4 Å². The van der Waals surface area contributed by atoms with Gasteiger partial charge in [0.1, 0.15) is 6.07 Å². The second-order valence-corrected chi connectivity index (χ2v) is 6.13. The molecular formula is C16H14ClF3N4. The van der Waals surface area contributed by atoms with Gasteiger partial charge in [-0.05, 0) is 37.1 Å². The van der Waals surface area contributed by atoms with E-state index in [2.05, 4.69) is 11.2 Å². The molecule has 1 atom stereocenters.